The van der Waals surface area contributed by atoms with E-state index in [9.17, 15) is 4.79 Å². The summed E-state index contributed by atoms with van der Waals surface area (Å²) in [5, 5.41) is 0. The molecular formula is C19H27NO4. The Labute approximate surface area is 143 Å². The number of ether oxygens (including phenoxy) is 3. The van der Waals surface area contributed by atoms with Crippen molar-refractivity contribution in [1.29, 1.82) is 0 Å². The van der Waals surface area contributed by atoms with Crippen LogP contribution in [-0.4, -0.2) is 57.4 Å². The molecule has 2 saturated heterocycles. The standard InChI is InChI=1S/C19H27NO4/c1-22-14-19-9-3-11-24-17(19)8-10-20(13-19)18(21)12-15-4-6-16(23-2)7-5-15/h4-7,17H,3,8-14H2,1-2H3/t17-,19-/m1/s1. The van der Waals surface area contributed by atoms with Crippen molar-refractivity contribution in [2.24, 2.45) is 5.41 Å². The SMILES string of the molecule is COC[C@]12CCCO[C@@H]1CCN(C(=O)Cc1ccc(OC)cc1)C2. The first-order valence-electron chi connectivity index (χ1n) is 8.68. The summed E-state index contributed by atoms with van der Waals surface area (Å²) in [6.45, 7) is 2.99. The predicted octanol–water partition coefficient (Wildman–Crippen LogP) is 2.28. The number of carbonyl (C=O) groups excluding carboxylic acids is 1. The Kier molecular flexibility index (Phi) is 5.41. The number of piperidine rings is 1. The molecule has 2 atom stereocenters. The summed E-state index contributed by atoms with van der Waals surface area (Å²) in [4.78, 5) is 14.8. The van der Waals surface area contributed by atoms with Crippen LogP contribution in [-0.2, 0) is 20.7 Å². The monoisotopic (exact) mass is 333 g/mol. The van der Waals surface area contributed by atoms with Crippen molar-refractivity contribution >= 4 is 5.91 Å². The Morgan fingerprint density at radius 3 is 2.83 bits per heavy atom. The third-order valence-corrected chi connectivity index (χ3v) is 5.29. The van der Waals surface area contributed by atoms with Crippen molar-refractivity contribution in [3.63, 3.8) is 0 Å². The first-order valence-corrected chi connectivity index (χ1v) is 8.68. The van der Waals surface area contributed by atoms with Gasteiger partial charge in [0, 0.05) is 32.2 Å². The Morgan fingerprint density at radius 2 is 2.12 bits per heavy atom. The van der Waals surface area contributed by atoms with Gasteiger partial charge in [0.05, 0.1) is 26.2 Å². The molecule has 2 aliphatic heterocycles. The summed E-state index contributed by atoms with van der Waals surface area (Å²) in [5.74, 6) is 0.991. The van der Waals surface area contributed by atoms with E-state index in [1.807, 2.05) is 29.2 Å². The maximum atomic E-state index is 12.8. The Balaban J connectivity index is 1.66. The van der Waals surface area contributed by atoms with Gasteiger partial charge >= 0.3 is 0 Å². The van der Waals surface area contributed by atoms with Crippen LogP contribution in [0.2, 0.25) is 0 Å². The van der Waals surface area contributed by atoms with Crippen LogP contribution in [0.3, 0.4) is 0 Å². The highest BCUT2D eigenvalue weighted by molar-refractivity contribution is 5.79. The van der Waals surface area contributed by atoms with Crippen LogP contribution >= 0.6 is 0 Å². The van der Waals surface area contributed by atoms with Crippen molar-refractivity contribution in [2.75, 3.05) is 40.5 Å². The predicted molar refractivity (Wildman–Crippen MR) is 91.2 cm³/mol. The summed E-state index contributed by atoms with van der Waals surface area (Å²) >= 11 is 0. The average molecular weight is 333 g/mol. The number of amides is 1. The lowest BCUT2D eigenvalue weighted by molar-refractivity contribution is -0.161. The molecule has 0 spiro atoms. The molecule has 2 fully saturated rings. The molecule has 0 bridgehead atoms. The van der Waals surface area contributed by atoms with E-state index in [2.05, 4.69) is 0 Å². The molecular weight excluding hydrogens is 306 g/mol. The Bertz CT molecular complexity index is 555. The number of fused-ring (bicyclic) bond motifs is 1. The highest BCUT2D eigenvalue weighted by atomic mass is 16.5. The lowest BCUT2D eigenvalue weighted by Crippen LogP contribution is -2.58. The summed E-state index contributed by atoms with van der Waals surface area (Å²) in [6, 6.07) is 7.71. The average Bonchev–Trinajstić information content (AvgIpc) is 2.62. The summed E-state index contributed by atoms with van der Waals surface area (Å²) in [7, 11) is 3.38. The van der Waals surface area contributed by atoms with Gasteiger partial charge in [0.1, 0.15) is 5.75 Å². The van der Waals surface area contributed by atoms with E-state index in [4.69, 9.17) is 14.2 Å². The van der Waals surface area contributed by atoms with Crippen LogP contribution in [0.25, 0.3) is 0 Å². The molecule has 0 aliphatic carbocycles. The largest absolute Gasteiger partial charge is 0.497 e. The molecule has 5 nitrogen and oxygen atoms in total. The maximum Gasteiger partial charge on any atom is 0.227 e. The summed E-state index contributed by atoms with van der Waals surface area (Å²) in [6.07, 6.45) is 3.66. The maximum absolute atomic E-state index is 12.8. The number of likely N-dealkylation sites (tertiary alicyclic amines) is 1. The number of benzene rings is 1. The number of hydrogen-bond acceptors (Lipinski definition) is 4. The zero-order valence-corrected chi connectivity index (χ0v) is 14.6. The smallest absolute Gasteiger partial charge is 0.227 e. The Morgan fingerprint density at radius 1 is 1.33 bits per heavy atom. The molecule has 3 rings (SSSR count). The fourth-order valence-corrected chi connectivity index (χ4v) is 4.03. The first kappa shape index (κ1) is 17.2. The minimum absolute atomic E-state index is 0.0409. The third-order valence-electron chi connectivity index (χ3n) is 5.29. The second-order valence-corrected chi connectivity index (χ2v) is 6.89. The van der Waals surface area contributed by atoms with Gasteiger partial charge in [-0.25, -0.2) is 0 Å². The zero-order valence-electron chi connectivity index (χ0n) is 14.6. The van der Waals surface area contributed by atoms with E-state index in [-0.39, 0.29) is 17.4 Å². The van der Waals surface area contributed by atoms with E-state index in [1.54, 1.807) is 14.2 Å². The van der Waals surface area contributed by atoms with Gasteiger partial charge < -0.3 is 19.1 Å². The van der Waals surface area contributed by atoms with E-state index in [0.29, 0.717) is 13.0 Å². The number of rotatable bonds is 5. The molecule has 1 amide bonds. The second kappa shape index (κ2) is 7.53. The van der Waals surface area contributed by atoms with Gasteiger partial charge in [0.2, 0.25) is 5.91 Å². The van der Waals surface area contributed by atoms with Crippen LogP contribution < -0.4 is 4.74 Å². The van der Waals surface area contributed by atoms with Crippen LogP contribution in [0.15, 0.2) is 24.3 Å². The highest BCUT2D eigenvalue weighted by Crippen LogP contribution is 2.40. The number of nitrogens with zero attached hydrogens (tertiary/aromatic N) is 1. The van der Waals surface area contributed by atoms with Crippen LogP contribution in [0.1, 0.15) is 24.8 Å². The van der Waals surface area contributed by atoms with Crippen molar-refractivity contribution in [1.82, 2.24) is 4.90 Å². The van der Waals surface area contributed by atoms with Gasteiger partial charge in [0.25, 0.3) is 0 Å². The second-order valence-electron chi connectivity index (χ2n) is 6.89. The molecule has 0 saturated carbocycles. The van der Waals surface area contributed by atoms with Gasteiger partial charge in [-0.05, 0) is 37.0 Å². The van der Waals surface area contributed by atoms with E-state index < -0.39 is 0 Å². The molecule has 2 heterocycles. The molecule has 0 N–H and O–H groups in total. The molecule has 5 heteroatoms. The molecule has 24 heavy (non-hydrogen) atoms. The van der Waals surface area contributed by atoms with Crippen molar-refractivity contribution in [3.05, 3.63) is 29.8 Å². The fraction of sp³-hybridized carbons (Fsp3) is 0.632. The van der Waals surface area contributed by atoms with Gasteiger partial charge in [0.15, 0.2) is 0 Å². The quantitative estimate of drug-likeness (QED) is 0.829. The highest BCUT2D eigenvalue weighted by Gasteiger charge is 2.46. The van der Waals surface area contributed by atoms with Gasteiger partial charge in [-0.3, -0.25) is 4.79 Å². The van der Waals surface area contributed by atoms with Crippen LogP contribution in [0.5, 0.6) is 5.75 Å². The molecule has 132 valence electrons. The van der Waals surface area contributed by atoms with Crippen LogP contribution in [0.4, 0.5) is 0 Å². The van der Waals surface area contributed by atoms with Gasteiger partial charge in [-0.2, -0.15) is 0 Å². The van der Waals surface area contributed by atoms with Crippen molar-refractivity contribution < 1.29 is 19.0 Å². The molecule has 1 aromatic carbocycles. The summed E-state index contributed by atoms with van der Waals surface area (Å²) < 4.78 is 16.6. The minimum atomic E-state index is -0.0409. The van der Waals surface area contributed by atoms with Gasteiger partial charge in [-0.1, -0.05) is 12.1 Å². The van der Waals surface area contributed by atoms with Crippen molar-refractivity contribution in [3.8, 4) is 5.75 Å². The lowest BCUT2D eigenvalue weighted by Gasteiger charge is -2.50. The van der Waals surface area contributed by atoms with E-state index in [1.165, 1.54) is 0 Å². The summed E-state index contributed by atoms with van der Waals surface area (Å²) in [5.41, 5.74) is 0.976. The fourth-order valence-electron chi connectivity index (χ4n) is 4.03. The molecule has 0 unspecified atom stereocenters. The molecule has 2 aliphatic rings. The van der Waals surface area contributed by atoms with Gasteiger partial charge in [-0.15, -0.1) is 0 Å². The number of hydrogen-bond donors (Lipinski definition) is 0. The normalized spacial score (nSPS) is 26.8. The first-order chi connectivity index (χ1) is 11.7. The number of methoxy groups -OCH3 is 2. The third kappa shape index (κ3) is 3.57. The molecule has 0 radical (unpaired) electrons. The van der Waals surface area contributed by atoms with E-state index in [0.717, 1.165) is 50.3 Å². The molecule has 0 aromatic heterocycles. The van der Waals surface area contributed by atoms with Crippen molar-refractivity contribution in [2.45, 2.75) is 31.8 Å². The molecule has 1 aromatic rings. The van der Waals surface area contributed by atoms with E-state index >= 15 is 0 Å². The Hall–Kier alpha value is -1.59. The van der Waals surface area contributed by atoms with Crippen LogP contribution in [0, 0.1) is 5.41 Å². The topological polar surface area (TPSA) is 48.0 Å². The lowest BCUT2D eigenvalue weighted by atomic mass is 9.73. The minimum Gasteiger partial charge on any atom is -0.497 e. The zero-order chi connectivity index (χ0) is 17.0. The number of carbonyl (C=O) groups is 1.